The van der Waals surface area contributed by atoms with Crippen molar-refractivity contribution < 1.29 is 4.21 Å². The van der Waals surface area contributed by atoms with Gasteiger partial charge in [-0.1, -0.05) is 45.0 Å². The number of hydrogen-bond acceptors (Lipinski definition) is 2. The molecule has 1 aromatic rings. The van der Waals surface area contributed by atoms with Crippen molar-refractivity contribution in [3.8, 4) is 0 Å². The molecule has 2 atom stereocenters. The first-order valence-corrected chi connectivity index (χ1v) is 8.24. The summed E-state index contributed by atoms with van der Waals surface area (Å²) in [4.78, 5) is 0. The van der Waals surface area contributed by atoms with E-state index in [0.717, 1.165) is 19.5 Å². The van der Waals surface area contributed by atoms with Crippen molar-refractivity contribution in [3.05, 3.63) is 35.4 Å². The minimum absolute atomic E-state index is 0.279. The van der Waals surface area contributed by atoms with E-state index in [1.165, 1.54) is 11.1 Å². The normalized spacial score (nSPS) is 14.7. The molecule has 2 nitrogen and oxygen atoms in total. The lowest BCUT2D eigenvalue weighted by molar-refractivity contribution is 0.629. The van der Waals surface area contributed by atoms with Gasteiger partial charge in [0.25, 0.3) is 0 Å². The molecule has 1 aromatic carbocycles. The summed E-state index contributed by atoms with van der Waals surface area (Å²) in [5.41, 5.74) is 2.69. The molecule has 0 amide bonds. The van der Waals surface area contributed by atoms with Gasteiger partial charge in [-0.15, -0.1) is 0 Å². The number of hydrogen-bond donors (Lipinski definition) is 1. The fraction of sp³-hybridized carbons (Fsp3) is 0.600. The van der Waals surface area contributed by atoms with E-state index >= 15 is 0 Å². The molecular formula is C15H25NOS. The van der Waals surface area contributed by atoms with Gasteiger partial charge in [-0.2, -0.15) is 0 Å². The van der Waals surface area contributed by atoms with Crippen LogP contribution < -0.4 is 5.32 Å². The minimum atomic E-state index is -0.707. The zero-order chi connectivity index (χ0) is 13.5. The molecule has 0 saturated carbocycles. The lowest BCUT2D eigenvalue weighted by Gasteiger charge is -2.10. The molecule has 0 heterocycles. The van der Waals surface area contributed by atoms with E-state index in [4.69, 9.17) is 0 Å². The molecule has 0 aliphatic heterocycles. The molecular weight excluding hydrogens is 242 g/mol. The Labute approximate surface area is 114 Å². The summed E-state index contributed by atoms with van der Waals surface area (Å²) in [6, 6.07) is 8.77. The Balaban J connectivity index is 2.29. The number of nitrogens with one attached hydrogen (secondary N) is 1. The van der Waals surface area contributed by atoms with Gasteiger partial charge in [0.2, 0.25) is 0 Å². The summed E-state index contributed by atoms with van der Waals surface area (Å²) >= 11 is 0. The van der Waals surface area contributed by atoms with Crippen LogP contribution in [0.4, 0.5) is 0 Å². The first kappa shape index (κ1) is 15.4. The zero-order valence-corrected chi connectivity index (χ0v) is 12.7. The van der Waals surface area contributed by atoms with E-state index in [9.17, 15) is 4.21 Å². The second-order valence-electron chi connectivity index (χ2n) is 5.17. The van der Waals surface area contributed by atoms with E-state index in [2.05, 4.69) is 43.4 Å². The largest absolute Gasteiger partial charge is 0.313 e. The van der Waals surface area contributed by atoms with Crippen LogP contribution in [0, 0.1) is 0 Å². The number of benzene rings is 1. The Morgan fingerprint density at radius 2 is 1.78 bits per heavy atom. The molecule has 0 radical (unpaired) electrons. The molecule has 3 heteroatoms. The second kappa shape index (κ2) is 7.70. The quantitative estimate of drug-likeness (QED) is 0.769. The molecule has 2 unspecified atom stereocenters. The van der Waals surface area contributed by atoms with E-state index in [0.29, 0.717) is 5.92 Å². The van der Waals surface area contributed by atoms with Gasteiger partial charge in [-0.3, -0.25) is 4.21 Å². The van der Waals surface area contributed by atoms with Gasteiger partial charge >= 0.3 is 0 Å². The van der Waals surface area contributed by atoms with Crippen LogP contribution in [0.1, 0.15) is 44.2 Å². The fourth-order valence-corrected chi connectivity index (χ4v) is 2.17. The lowest BCUT2D eigenvalue weighted by atomic mass is 10.0. The summed E-state index contributed by atoms with van der Waals surface area (Å²) < 4.78 is 11.2. The maximum atomic E-state index is 11.2. The van der Waals surface area contributed by atoms with Gasteiger partial charge in [0.15, 0.2) is 0 Å². The first-order chi connectivity index (χ1) is 8.50. The SMILES string of the molecule is CC(C)c1ccc(CNCCC(C)S(C)=O)cc1. The summed E-state index contributed by atoms with van der Waals surface area (Å²) in [5.74, 6) is 0.590. The van der Waals surface area contributed by atoms with Crippen molar-refractivity contribution in [2.75, 3.05) is 12.8 Å². The smallest absolute Gasteiger partial charge is 0.0329 e. The highest BCUT2D eigenvalue weighted by Crippen LogP contribution is 2.14. The molecule has 0 fully saturated rings. The van der Waals surface area contributed by atoms with E-state index in [1.54, 1.807) is 6.26 Å². The molecule has 0 aliphatic carbocycles. The van der Waals surface area contributed by atoms with Crippen LogP contribution in [0.2, 0.25) is 0 Å². The van der Waals surface area contributed by atoms with Gasteiger partial charge in [0, 0.05) is 28.9 Å². The van der Waals surface area contributed by atoms with Crippen LogP contribution in [0.5, 0.6) is 0 Å². The van der Waals surface area contributed by atoms with Crippen LogP contribution in [0.3, 0.4) is 0 Å². The summed E-state index contributed by atoms with van der Waals surface area (Å²) in [5, 5.41) is 3.68. The molecule has 0 aromatic heterocycles. The summed E-state index contributed by atoms with van der Waals surface area (Å²) in [6.45, 7) is 8.27. The zero-order valence-electron chi connectivity index (χ0n) is 11.9. The van der Waals surface area contributed by atoms with E-state index < -0.39 is 10.8 Å². The van der Waals surface area contributed by atoms with E-state index in [1.807, 2.05) is 6.92 Å². The van der Waals surface area contributed by atoms with Gasteiger partial charge < -0.3 is 5.32 Å². The second-order valence-corrected chi connectivity index (χ2v) is 6.97. The van der Waals surface area contributed by atoms with Crippen molar-refractivity contribution >= 4 is 10.8 Å². The summed E-state index contributed by atoms with van der Waals surface area (Å²) in [7, 11) is -0.707. The predicted octanol–water partition coefficient (Wildman–Crippen LogP) is 3.06. The molecule has 1 rings (SSSR count). The van der Waals surface area contributed by atoms with Crippen LogP contribution in [0.15, 0.2) is 24.3 Å². The van der Waals surface area contributed by atoms with Crippen LogP contribution in [0.25, 0.3) is 0 Å². The topological polar surface area (TPSA) is 29.1 Å². The van der Waals surface area contributed by atoms with Crippen molar-refractivity contribution in [3.63, 3.8) is 0 Å². The molecule has 0 bridgehead atoms. The highest BCUT2D eigenvalue weighted by atomic mass is 32.2. The maximum Gasteiger partial charge on any atom is 0.0329 e. The average molecular weight is 267 g/mol. The standard InChI is InChI=1S/C15H25NOS/c1-12(2)15-7-5-14(6-8-15)11-16-10-9-13(3)18(4)17/h5-8,12-13,16H,9-11H2,1-4H3. The van der Waals surface area contributed by atoms with Crippen LogP contribution in [-0.4, -0.2) is 22.3 Å². The van der Waals surface area contributed by atoms with E-state index in [-0.39, 0.29) is 5.25 Å². The van der Waals surface area contributed by atoms with Crippen LogP contribution in [-0.2, 0) is 17.3 Å². The average Bonchev–Trinajstić information content (AvgIpc) is 2.34. The van der Waals surface area contributed by atoms with Gasteiger partial charge in [0.1, 0.15) is 0 Å². The maximum absolute atomic E-state index is 11.2. The van der Waals surface area contributed by atoms with Crippen LogP contribution >= 0.6 is 0 Å². The first-order valence-electron chi connectivity index (χ1n) is 6.62. The molecule has 18 heavy (non-hydrogen) atoms. The van der Waals surface area contributed by atoms with Crippen molar-refractivity contribution in [2.24, 2.45) is 0 Å². The third-order valence-corrected chi connectivity index (χ3v) is 4.64. The van der Waals surface area contributed by atoms with Gasteiger partial charge in [-0.25, -0.2) is 0 Å². The molecule has 0 saturated heterocycles. The van der Waals surface area contributed by atoms with Gasteiger partial charge in [0.05, 0.1) is 0 Å². The molecule has 0 spiro atoms. The third-order valence-electron chi connectivity index (χ3n) is 3.27. The Hall–Kier alpha value is -0.670. The summed E-state index contributed by atoms with van der Waals surface area (Å²) in [6.07, 6.45) is 2.74. The highest BCUT2D eigenvalue weighted by Gasteiger charge is 2.05. The van der Waals surface area contributed by atoms with Gasteiger partial charge in [-0.05, 0) is 30.0 Å². The molecule has 102 valence electrons. The molecule has 0 aliphatic rings. The van der Waals surface area contributed by atoms with Crippen molar-refractivity contribution in [1.29, 1.82) is 0 Å². The minimum Gasteiger partial charge on any atom is -0.313 e. The highest BCUT2D eigenvalue weighted by molar-refractivity contribution is 7.84. The third kappa shape index (κ3) is 5.32. The Kier molecular flexibility index (Phi) is 6.58. The predicted molar refractivity (Wildman–Crippen MR) is 80.4 cm³/mol. The lowest BCUT2D eigenvalue weighted by Crippen LogP contribution is -2.20. The Morgan fingerprint density at radius 1 is 1.17 bits per heavy atom. The van der Waals surface area contributed by atoms with Crippen molar-refractivity contribution in [2.45, 2.75) is 44.9 Å². The Bertz CT molecular complexity index is 373. The monoisotopic (exact) mass is 267 g/mol. The molecule has 1 N–H and O–H groups in total. The fourth-order valence-electron chi connectivity index (χ4n) is 1.72. The van der Waals surface area contributed by atoms with Crippen molar-refractivity contribution in [1.82, 2.24) is 5.32 Å². The Morgan fingerprint density at radius 3 is 2.28 bits per heavy atom. The number of rotatable bonds is 7.